The average Bonchev–Trinajstić information content (AvgIpc) is 3.42. The molecule has 0 saturated carbocycles. The molecule has 2 heterocycles. The molecule has 1 aromatic carbocycles. The van der Waals surface area contributed by atoms with Crippen LogP contribution in [0, 0.1) is 0 Å². The van der Waals surface area contributed by atoms with Gasteiger partial charge >= 0.3 is 6.09 Å². The highest BCUT2D eigenvalue weighted by Crippen LogP contribution is 2.33. The van der Waals surface area contributed by atoms with E-state index < -0.39 is 36.0 Å². The van der Waals surface area contributed by atoms with Gasteiger partial charge in [-0.05, 0) is 70.4 Å². The molecule has 2 aliphatic heterocycles. The number of likely N-dealkylation sites (tertiary alicyclic amines) is 1. The Bertz CT molecular complexity index is 1080. The quantitative estimate of drug-likeness (QED) is 0.0942. The fourth-order valence-electron chi connectivity index (χ4n) is 5.97. The summed E-state index contributed by atoms with van der Waals surface area (Å²) in [7, 11) is 0. The van der Waals surface area contributed by atoms with E-state index in [1.165, 1.54) is 0 Å². The third kappa shape index (κ3) is 10.7. The molecule has 0 bridgehead atoms. The lowest BCUT2D eigenvalue weighted by Gasteiger charge is -2.51. The lowest BCUT2D eigenvalue weighted by atomic mass is 9.93. The predicted molar refractivity (Wildman–Crippen MR) is 173 cm³/mol. The summed E-state index contributed by atoms with van der Waals surface area (Å²) in [5, 5.41) is 3.59. The molecule has 252 valence electrons. The van der Waals surface area contributed by atoms with Gasteiger partial charge in [0, 0.05) is 26.2 Å². The standard InChI is InChI=1S/C33H54N6O6/c1-4-6-22-43-30(44-23-7-5-2)27(16-13-20-36-31(34)35)39(33(3)19-11-12-21-37-33)29(41)26-17-18-28(40)38(26)32(42)45-24-25-14-9-8-10-15-25/h8-10,14-15,26-27,30,37H,4-7,11-13,16-24H2,1-3H3,(H4,34,35,36)/t26-,27+,33?/m1/s1. The summed E-state index contributed by atoms with van der Waals surface area (Å²) >= 11 is 0. The van der Waals surface area contributed by atoms with Gasteiger partial charge in [0.1, 0.15) is 12.6 Å². The minimum Gasteiger partial charge on any atom is -0.444 e. The van der Waals surface area contributed by atoms with E-state index in [1.54, 1.807) is 0 Å². The number of nitrogens with one attached hydrogen (secondary N) is 1. The number of carbonyl (C=O) groups is 3. The van der Waals surface area contributed by atoms with Crippen molar-refractivity contribution in [2.24, 2.45) is 16.5 Å². The first-order chi connectivity index (χ1) is 21.7. The Kier molecular flexibility index (Phi) is 15.0. The summed E-state index contributed by atoms with van der Waals surface area (Å²) < 4.78 is 18.3. The van der Waals surface area contributed by atoms with Crippen LogP contribution in [-0.2, 0) is 30.4 Å². The number of amides is 3. The van der Waals surface area contributed by atoms with E-state index in [0.29, 0.717) is 39.0 Å². The molecule has 3 atom stereocenters. The second kappa shape index (κ2) is 18.7. The Morgan fingerprint density at radius 1 is 1.09 bits per heavy atom. The number of aliphatic imine (C=N–C) groups is 1. The maximum atomic E-state index is 14.8. The number of imide groups is 1. The number of hydrogen-bond acceptors (Lipinski definition) is 8. The topological polar surface area (TPSA) is 162 Å². The predicted octanol–water partition coefficient (Wildman–Crippen LogP) is 4.01. The molecule has 0 aromatic heterocycles. The van der Waals surface area contributed by atoms with E-state index in [-0.39, 0.29) is 31.3 Å². The highest BCUT2D eigenvalue weighted by molar-refractivity contribution is 6.00. The molecule has 0 radical (unpaired) electrons. The zero-order chi connectivity index (χ0) is 32.7. The van der Waals surface area contributed by atoms with Crippen LogP contribution in [0.5, 0.6) is 0 Å². The van der Waals surface area contributed by atoms with Gasteiger partial charge in [0.2, 0.25) is 11.8 Å². The highest BCUT2D eigenvalue weighted by Gasteiger charge is 2.50. The second-order valence-corrected chi connectivity index (χ2v) is 12.1. The van der Waals surface area contributed by atoms with Crippen LogP contribution in [0.25, 0.3) is 0 Å². The fraction of sp³-hybridized carbons (Fsp3) is 0.697. The number of benzene rings is 1. The number of nitrogens with two attached hydrogens (primary N) is 2. The Balaban J connectivity index is 1.97. The zero-order valence-electron chi connectivity index (χ0n) is 27.4. The molecule has 2 saturated heterocycles. The highest BCUT2D eigenvalue weighted by atomic mass is 16.7. The molecule has 3 rings (SSSR count). The van der Waals surface area contributed by atoms with Gasteiger partial charge in [-0.2, -0.15) is 0 Å². The second-order valence-electron chi connectivity index (χ2n) is 12.1. The van der Waals surface area contributed by atoms with E-state index >= 15 is 0 Å². The molecule has 2 aliphatic rings. The molecule has 12 heteroatoms. The first kappa shape index (κ1) is 36.3. The number of unbranched alkanes of at least 4 members (excludes halogenated alkanes) is 2. The third-order valence-electron chi connectivity index (χ3n) is 8.42. The van der Waals surface area contributed by atoms with Crippen molar-refractivity contribution >= 4 is 23.9 Å². The van der Waals surface area contributed by atoms with Gasteiger partial charge in [0.15, 0.2) is 12.2 Å². The van der Waals surface area contributed by atoms with Crippen molar-refractivity contribution in [1.29, 1.82) is 0 Å². The minimum absolute atomic E-state index is 0.000618. The van der Waals surface area contributed by atoms with Crippen LogP contribution < -0.4 is 16.8 Å². The molecule has 5 N–H and O–H groups in total. The van der Waals surface area contributed by atoms with Crippen molar-refractivity contribution in [2.45, 2.75) is 122 Å². The SMILES string of the molecule is CCCCOC(OCCCC)[C@H](CCCN=C(N)N)N(C(=O)[C@H]1CCC(=O)N1C(=O)OCc1ccccc1)C1(C)CCCCN1. The van der Waals surface area contributed by atoms with Gasteiger partial charge < -0.3 is 30.6 Å². The molecule has 2 fully saturated rings. The average molecular weight is 631 g/mol. The number of ether oxygens (including phenoxy) is 3. The van der Waals surface area contributed by atoms with Crippen LogP contribution in [0.4, 0.5) is 4.79 Å². The third-order valence-corrected chi connectivity index (χ3v) is 8.42. The van der Waals surface area contributed by atoms with Crippen molar-refractivity contribution < 1.29 is 28.6 Å². The van der Waals surface area contributed by atoms with Crippen molar-refractivity contribution in [3.05, 3.63) is 35.9 Å². The summed E-state index contributed by atoms with van der Waals surface area (Å²) in [5.41, 5.74) is 11.2. The summed E-state index contributed by atoms with van der Waals surface area (Å²) in [6.07, 6.45) is 5.98. The molecule has 12 nitrogen and oxygen atoms in total. The van der Waals surface area contributed by atoms with Gasteiger partial charge in [0.05, 0.1) is 11.7 Å². The molecule has 1 aromatic rings. The number of carbonyl (C=O) groups excluding carboxylic acids is 3. The van der Waals surface area contributed by atoms with E-state index in [2.05, 4.69) is 24.2 Å². The molecule has 0 spiro atoms. The van der Waals surface area contributed by atoms with Gasteiger partial charge in [-0.1, -0.05) is 57.0 Å². The van der Waals surface area contributed by atoms with Crippen LogP contribution >= 0.6 is 0 Å². The molecule has 0 aliphatic carbocycles. The normalized spacial score (nSPS) is 20.7. The van der Waals surface area contributed by atoms with Crippen molar-refractivity contribution in [1.82, 2.24) is 15.1 Å². The summed E-state index contributed by atoms with van der Waals surface area (Å²) in [6.45, 7) is 8.25. The molecule has 45 heavy (non-hydrogen) atoms. The molecule has 3 amide bonds. The Labute approximate surface area is 268 Å². The van der Waals surface area contributed by atoms with Crippen molar-refractivity contribution in [3.63, 3.8) is 0 Å². The maximum Gasteiger partial charge on any atom is 0.417 e. The number of hydrogen-bond donors (Lipinski definition) is 3. The van der Waals surface area contributed by atoms with Crippen LogP contribution in [0.1, 0.15) is 97.0 Å². The first-order valence-electron chi connectivity index (χ1n) is 16.6. The van der Waals surface area contributed by atoms with Crippen LogP contribution in [0.15, 0.2) is 35.3 Å². The summed E-state index contributed by atoms with van der Waals surface area (Å²) in [5.74, 6) is -0.749. The van der Waals surface area contributed by atoms with Crippen LogP contribution in [0.2, 0.25) is 0 Å². The first-order valence-corrected chi connectivity index (χ1v) is 16.6. The number of piperidine rings is 1. The van der Waals surface area contributed by atoms with E-state index in [1.807, 2.05) is 42.2 Å². The lowest BCUT2D eigenvalue weighted by Crippen LogP contribution is -2.69. The zero-order valence-corrected chi connectivity index (χ0v) is 27.4. The fourth-order valence-corrected chi connectivity index (χ4v) is 5.97. The van der Waals surface area contributed by atoms with E-state index in [0.717, 1.165) is 55.5 Å². The number of rotatable bonds is 18. The number of guanidine groups is 1. The van der Waals surface area contributed by atoms with Crippen LogP contribution in [0.3, 0.4) is 0 Å². The lowest BCUT2D eigenvalue weighted by molar-refractivity contribution is -0.202. The van der Waals surface area contributed by atoms with Gasteiger partial charge in [-0.25, -0.2) is 9.69 Å². The molecular formula is C33H54N6O6. The van der Waals surface area contributed by atoms with Crippen molar-refractivity contribution in [3.8, 4) is 0 Å². The maximum absolute atomic E-state index is 14.8. The van der Waals surface area contributed by atoms with Crippen LogP contribution in [-0.4, -0.2) is 84.0 Å². The van der Waals surface area contributed by atoms with E-state index in [4.69, 9.17) is 25.7 Å². The Morgan fingerprint density at radius 2 is 1.78 bits per heavy atom. The smallest absolute Gasteiger partial charge is 0.417 e. The molecular weight excluding hydrogens is 576 g/mol. The summed E-state index contributed by atoms with van der Waals surface area (Å²) in [6, 6.07) is 7.70. The Hall–Kier alpha value is -3.22. The van der Waals surface area contributed by atoms with Crippen molar-refractivity contribution in [2.75, 3.05) is 26.3 Å². The minimum atomic E-state index is -1.01. The van der Waals surface area contributed by atoms with Gasteiger partial charge in [-0.3, -0.25) is 19.9 Å². The number of nitrogens with zero attached hydrogens (tertiary/aromatic N) is 3. The molecule has 1 unspecified atom stereocenters. The Morgan fingerprint density at radius 3 is 2.38 bits per heavy atom. The summed E-state index contributed by atoms with van der Waals surface area (Å²) in [4.78, 5) is 48.3. The van der Waals surface area contributed by atoms with E-state index in [9.17, 15) is 14.4 Å². The largest absolute Gasteiger partial charge is 0.444 e. The monoisotopic (exact) mass is 630 g/mol. The van der Waals surface area contributed by atoms with Gasteiger partial charge in [-0.15, -0.1) is 0 Å². The van der Waals surface area contributed by atoms with Gasteiger partial charge in [0.25, 0.3) is 0 Å².